The van der Waals surface area contributed by atoms with Crippen LogP contribution in [0.25, 0.3) is 0 Å². The van der Waals surface area contributed by atoms with Crippen LogP contribution >= 0.6 is 8.60 Å². The van der Waals surface area contributed by atoms with Gasteiger partial charge in [-0.2, -0.15) is 0 Å². The molecule has 1 aromatic rings. The van der Waals surface area contributed by atoms with Gasteiger partial charge in [0.1, 0.15) is 0 Å². The quantitative estimate of drug-likeness (QED) is 0.0889. The summed E-state index contributed by atoms with van der Waals surface area (Å²) >= 11 is 0. The van der Waals surface area contributed by atoms with E-state index >= 15 is 0 Å². The van der Waals surface area contributed by atoms with Crippen LogP contribution in [0, 0.1) is 0 Å². The van der Waals surface area contributed by atoms with Crippen molar-refractivity contribution < 1.29 is 13.9 Å². The summed E-state index contributed by atoms with van der Waals surface area (Å²) in [4.78, 5) is 10.1. The van der Waals surface area contributed by atoms with E-state index in [9.17, 15) is 4.89 Å². The summed E-state index contributed by atoms with van der Waals surface area (Å²) in [7, 11) is -1.73. The van der Waals surface area contributed by atoms with Crippen LogP contribution in [0.4, 0.5) is 0 Å². The average Bonchev–Trinajstić information content (AvgIpc) is 2.93. The van der Waals surface area contributed by atoms with E-state index in [1.54, 1.807) is 11.1 Å². The van der Waals surface area contributed by atoms with Crippen molar-refractivity contribution in [3.8, 4) is 0 Å². The molecule has 0 aliphatic carbocycles. The fraction of sp³-hybridized carbons (Fsp3) is 0.842. The van der Waals surface area contributed by atoms with Crippen molar-refractivity contribution in [3.63, 3.8) is 0 Å². The van der Waals surface area contributed by atoms with Gasteiger partial charge in [-0.15, -0.1) is 0 Å². The molecule has 3 nitrogen and oxygen atoms in total. The molecule has 0 aromatic heterocycles. The van der Waals surface area contributed by atoms with Gasteiger partial charge < -0.3 is 13.9 Å². The van der Waals surface area contributed by atoms with Gasteiger partial charge in [-0.05, 0) is 59.1 Å². The van der Waals surface area contributed by atoms with Gasteiger partial charge in [0, 0.05) is 0 Å². The van der Waals surface area contributed by atoms with E-state index in [4.69, 9.17) is 9.05 Å². The molecule has 4 heteroatoms. The number of unbranched alkanes of at least 4 members (excludes halogenated alkanes) is 14. The summed E-state index contributed by atoms with van der Waals surface area (Å²) in [6.07, 6.45) is 24.2. The van der Waals surface area contributed by atoms with Gasteiger partial charge in [0.2, 0.25) is 0 Å². The maximum atomic E-state index is 10.1. The van der Waals surface area contributed by atoms with Crippen molar-refractivity contribution in [1.82, 2.24) is 0 Å². The van der Waals surface area contributed by atoms with Gasteiger partial charge in [-0.25, -0.2) is 0 Å². The van der Waals surface area contributed by atoms with Crippen LogP contribution in [0.3, 0.4) is 0 Å². The third-order valence-corrected chi connectivity index (χ3v) is 9.41. The molecule has 0 aliphatic rings. The smallest absolute Gasteiger partial charge is 0.328 e. The molecule has 0 fully saturated rings. The number of hydrogen-bond donors (Lipinski definition) is 1. The Balaban J connectivity index is 2.43. The van der Waals surface area contributed by atoms with Crippen molar-refractivity contribution in [1.29, 1.82) is 0 Å². The van der Waals surface area contributed by atoms with Crippen LogP contribution < -0.4 is 0 Å². The Labute approximate surface area is 264 Å². The summed E-state index contributed by atoms with van der Waals surface area (Å²) in [6, 6.07) is 7.09. The lowest BCUT2D eigenvalue weighted by Gasteiger charge is -2.35. The van der Waals surface area contributed by atoms with Crippen LogP contribution in [0.15, 0.2) is 18.2 Å². The molecule has 0 saturated heterocycles. The molecule has 2 atom stereocenters. The van der Waals surface area contributed by atoms with E-state index in [0.717, 1.165) is 19.3 Å². The average molecular weight is 607 g/mol. The molecule has 42 heavy (non-hydrogen) atoms. The monoisotopic (exact) mass is 607 g/mol. The topological polar surface area (TPSA) is 38.7 Å². The summed E-state index contributed by atoms with van der Waals surface area (Å²) < 4.78 is 11.2. The third kappa shape index (κ3) is 17.7. The predicted octanol–water partition coefficient (Wildman–Crippen LogP) is 13.1. The minimum atomic E-state index is -1.73. The van der Waals surface area contributed by atoms with Gasteiger partial charge in [0.05, 0.1) is 13.2 Å². The molecule has 1 N–H and O–H groups in total. The van der Waals surface area contributed by atoms with E-state index in [2.05, 4.69) is 73.6 Å². The summed E-state index contributed by atoms with van der Waals surface area (Å²) in [5, 5.41) is 0. The lowest BCUT2D eigenvalue weighted by Crippen LogP contribution is -2.25. The lowest BCUT2D eigenvalue weighted by molar-refractivity contribution is 0.193. The van der Waals surface area contributed by atoms with Crippen molar-refractivity contribution in [2.45, 2.75) is 194 Å². The van der Waals surface area contributed by atoms with Gasteiger partial charge >= 0.3 is 8.60 Å². The number of benzene rings is 1. The summed E-state index contributed by atoms with van der Waals surface area (Å²) in [5.74, 6) is 0.610. The molecule has 0 amide bonds. The molecule has 0 saturated carbocycles. The van der Waals surface area contributed by atoms with Crippen LogP contribution in [0.2, 0.25) is 0 Å². The predicted molar refractivity (Wildman–Crippen MR) is 187 cm³/mol. The van der Waals surface area contributed by atoms with Gasteiger partial charge in [0.15, 0.2) is 0 Å². The SMILES string of the molecule is CCCCCCCCCCCCOP(O)OCCCCCC(CCCCCC)c1cccc(C(C)(C)C)c1C(C)(C)C. The van der Waals surface area contributed by atoms with E-state index in [1.165, 1.54) is 108 Å². The lowest BCUT2D eigenvalue weighted by atomic mass is 9.70. The molecule has 0 bridgehead atoms. The molecule has 0 heterocycles. The minimum absolute atomic E-state index is 0.126. The first-order valence-electron chi connectivity index (χ1n) is 17.9. The Morgan fingerprint density at radius 3 is 1.48 bits per heavy atom. The van der Waals surface area contributed by atoms with Crippen molar-refractivity contribution in [3.05, 3.63) is 34.9 Å². The second kappa shape index (κ2) is 23.0. The highest BCUT2D eigenvalue weighted by molar-refractivity contribution is 7.40. The second-order valence-electron chi connectivity index (χ2n) is 14.8. The van der Waals surface area contributed by atoms with Crippen molar-refractivity contribution in [2.75, 3.05) is 13.2 Å². The molecule has 1 rings (SSSR count). The van der Waals surface area contributed by atoms with E-state index in [-0.39, 0.29) is 10.8 Å². The fourth-order valence-corrected chi connectivity index (χ4v) is 6.87. The molecule has 246 valence electrons. The summed E-state index contributed by atoms with van der Waals surface area (Å²) in [5.41, 5.74) is 4.93. The highest BCUT2D eigenvalue weighted by atomic mass is 31.2. The molecular formula is C38H71O3P. The van der Waals surface area contributed by atoms with Crippen molar-refractivity contribution >= 4 is 8.60 Å². The van der Waals surface area contributed by atoms with Crippen LogP contribution in [-0.4, -0.2) is 18.1 Å². The highest BCUT2D eigenvalue weighted by Gasteiger charge is 2.29. The first kappa shape index (κ1) is 39.6. The zero-order valence-corrected chi connectivity index (χ0v) is 30.3. The number of hydrogen-bond acceptors (Lipinski definition) is 3. The van der Waals surface area contributed by atoms with Crippen LogP contribution in [-0.2, 0) is 19.9 Å². The maximum absolute atomic E-state index is 10.1. The number of rotatable bonds is 25. The Hall–Kier alpha value is -0.470. The van der Waals surface area contributed by atoms with Crippen LogP contribution in [0.5, 0.6) is 0 Å². The standard InChI is InChI=1S/C38H71O3P/c1-9-11-13-15-16-17-18-19-20-24-31-40-42(39)41-32-25-21-23-28-33(27-22-14-12-10-2)34-29-26-30-35(37(3,4)5)36(34)38(6,7)8/h26,29-30,33,39H,9-25,27-28,31-32H2,1-8H3. The molecule has 0 aliphatic heterocycles. The molecule has 1 aromatic carbocycles. The largest absolute Gasteiger partial charge is 0.329 e. The normalized spacial score (nSPS) is 13.9. The molecule has 0 radical (unpaired) electrons. The van der Waals surface area contributed by atoms with Crippen LogP contribution in [0.1, 0.15) is 200 Å². The van der Waals surface area contributed by atoms with E-state index < -0.39 is 8.60 Å². The van der Waals surface area contributed by atoms with Crippen molar-refractivity contribution in [2.24, 2.45) is 0 Å². The molecule has 2 unspecified atom stereocenters. The first-order chi connectivity index (χ1) is 20.0. The Morgan fingerprint density at radius 2 is 1.02 bits per heavy atom. The Morgan fingerprint density at radius 1 is 0.595 bits per heavy atom. The van der Waals surface area contributed by atoms with E-state index in [0.29, 0.717) is 19.1 Å². The minimum Gasteiger partial charge on any atom is -0.328 e. The third-order valence-electron chi connectivity index (χ3n) is 8.60. The van der Waals surface area contributed by atoms with Gasteiger partial charge in [0.25, 0.3) is 0 Å². The molecular weight excluding hydrogens is 535 g/mol. The van der Waals surface area contributed by atoms with E-state index in [1.807, 2.05) is 0 Å². The Kier molecular flexibility index (Phi) is 21.6. The zero-order valence-electron chi connectivity index (χ0n) is 29.4. The highest BCUT2D eigenvalue weighted by Crippen LogP contribution is 2.41. The van der Waals surface area contributed by atoms with Gasteiger partial charge in [-0.3, -0.25) is 0 Å². The zero-order chi connectivity index (χ0) is 31.3. The summed E-state index contributed by atoms with van der Waals surface area (Å²) in [6.45, 7) is 20.0. The fourth-order valence-electron chi connectivity index (χ4n) is 6.23. The van der Waals surface area contributed by atoms with Gasteiger partial charge in [-0.1, -0.05) is 170 Å². The maximum Gasteiger partial charge on any atom is 0.329 e. The Bertz CT molecular complexity index is 780. The first-order valence-corrected chi connectivity index (χ1v) is 19.0. The molecule has 0 spiro atoms. The second-order valence-corrected chi connectivity index (χ2v) is 15.7.